The average Bonchev–Trinajstić information content (AvgIpc) is 2.40. The molecule has 5 heteroatoms. The molecule has 0 atom stereocenters. The highest BCUT2D eigenvalue weighted by molar-refractivity contribution is 5.98. The second kappa shape index (κ2) is 5.52. The Morgan fingerprint density at radius 2 is 2.17 bits per heavy atom. The number of pyridine rings is 1. The van der Waals surface area contributed by atoms with Gasteiger partial charge in [0.25, 0.3) is 5.91 Å². The summed E-state index contributed by atoms with van der Waals surface area (Å²) in [5.41, 5.74) is 6.69. The van der Waals surface area contributed by atoms with Crippen molar-refractivity contribution in [1.29, 1.82) is 0 Å². The molecule has 5 nitrogen and oxygen atoms in total. The number of amides is 1. The molecular formula is C13H16N4O. The average molecular weight is 244 g/mol. The third-order valence-corrected chi connectivity index (χ3v) is 3.09. The lowest BCUT2D eigenvalue weighted by atomic mass is 10.2. The molecule has 0 aliphatic carbocycles. The number of piperazine rings is 1. The molecule has 1 aromatic heterocycles. The van der Waals surface area contributed by atoms with Gasteiger partial charge in [0.1, 0.15) is 0 Å². The van der Waals surface area contributed by atoms with Crippen LogP contribution < -0.4 is 10.6 Å². The highest BCUT2D eigenvalue weighted by Gasteiger charge is 2.20. The minimum absolute atomic E-state index is 0.441. The first-order valence-corrected chi connectivity index (χ1v) is 5.87. The van der Waals surface area contributed by atoms with Crippen molar-refractivity contribution >= 4 is 11.6 Å². The van der Waals surface area contributed by atoms with Crippen LogP contribution in [0.1, 0.15) is 10.4 Å². The number of hydrogen-bond donors (Lipinski definition) is 1. The fourth-order valence-corrected chi connectivity index (χ4v) is 2.13. The Labute approximate surface area is 107 Å². The van der Waals surface area contributed by atoms with Gasteiger partial charge in [0, 0.05) is 38.6 Å². The van der Waals surface area contributed by atoms with Crippen LogP contribution in [0.2, 0.25) is 0 Å². The van der Waals surface area contributed by atoms with Crippen LogP contribution in [0.15, 0.2) is 18.5 Å². The zero-order chi connectivity index (χ0) is 13.0. The molecule has 2 rings (SSSR count). The Kier molecular flexibility index (Phi) is 3.80. The first-order valence-electron chi connectivity index (χ1n) is 5.87. The zero-order valence-corrected chi connectivity index (χ0v) is 10.2. The van der Waals surface area contributed by atoms with Crippen LogP contribution >= 0.6 is 0 Å². The molecule has 2 N–H and O–H groups in total. The second-order valence-corrected chi connectivity index (χ2v) is 4.22. The van der Waals surface area contributed by atoms with Crippen LogP contribution in [0.5, 0.6) is 0 Å². The summed E-state index contributed by atoms with van der Waals surface area (Å²) in [6.07, 6.45) is 8.49. The molecule has 1 aromatic rings. The van der Waals surface area contributed by atoms with E-state index in [4.69, 9.17) is 12.2 Å². The molecule has 2 heterocycles. The fourth-order valence-electron chi connectivity index (χ4n) is 2.13. The van der Waals surface area contributed by atoms with E-state index in [9.17, 15) is 4.79 Å². The third kappa shape index (κ3) is 2.60. The van der Waals surface area contributed by atoms with E-state index in [1.165, 1.54) is 6.20 Å². The summed E-state index contributed by atoms with van der Waals surface area (Å²) in [6, 6.07) is 1.83. The third-order valence-electron chi connectivity index (χ3n) is 3.09. The minimum atomic E-state index is -0.441. The second-order valence-electron chi connectivity index (χ2n) is 4.22. The molecule has 0 unspecified atom stereocenters. The maximum Gasteiger partial charge on any atom is 0.252 e. The molecule has 94 valence electrons. The van der Waals surface area contributed by atoms with Crippen LogP contribution in [0, 0.1) is 12.3 Å². The SMILES string of the molecule is C#CCN1CCN(c2ccncc2C(N)=O)CC1. The predicted octanol–water partition coefficient (Wildman–Crippen LogP) is -0.0643. The summed E-state index contributed by atoms with van der Waals surface area (Å²) in [7, 11) is 0. The van der Waals surface area contributed by atoms with Crippen LogP contribution in [0.3, 0.4) is 0 Å². The Morgan fingerprint density at radius 3 is 2.78 bits per heavy atom. The van der Waals surface area contributed by atoms with Gasteiger partial charge in [-0.25, -0.2) is 0 Å². The molecule has 0 radical (unpaired) electrons. The number of terminal acetylenes is 1. The van der Waals surface area contributed by atoms with E-state index in [0.29, 0.717) is 12.1 Å². The first-order chi connectivity index (χ1) is 8.72. The van der Waals surface area contributed by atoms with Crippen LogP contribution in [-0.2, 0) is 0 Å². The number of nitrogens with zero attached hydrogens (tertiary/aromatic N) is 3. The Bertz CT molecular complexity index is 472. The number of anilines is 1. The van der Waals surface area contributed by atoms with Crippen molar-refractivity contribution in [3.63, 3.8) is 0 Å². The number of aromatic nitrogens is 1. The Balaban J connectivity index is 2.10. The van der Waals surface area contributed by atoms with Crippen LogP contribution in [-0.4, -0.2) is 48.5 Å². The number of hydrogen-bond acceptors (Lipinski definition) is 4. The van der Waals surface area contributed by atoms with Gasteiger partial charge in [-0.1, -0.05) is 5.92 Å². The molecule has 1 fully saturated rings. The van der Waals surface area contributed by atoms with Gasteiger partial charge >= 0.3 is 0 Å². The quantitative estimate of drug-likeness (QED) is 0.756. The van der Waals surface area contributed by atoms with Gasteiger partial charge in [-0.05, 0) is 6.07 Å². The lowest BCUT2D eigenvalue weighted by molar-refractivity contribution is 0.1000. The number of nitrogens with two attached hydrogens (primary N) is 1. The van der Waals surface area contributed by atoms with Crippen molar-refractivity contribution in [2.45, 2.75) is 0 Å². The maximum atomic E-state index is 11.3. The molecule has 1 aliphatic rings. The van der Waals surface area contributed by atoms with Crippen molar-refractivity contribution in [2.75, 3.05) is 37.6 Å². The smallest absolute Gasteiger partial charge is 0.252 e. The van der Waals surface area contributed by atoms with Crippen molar-refractivity contribution in [3.8, 4) is 12.3 Å². The Hall–Kier alpha value is -2.06. The van der Waals surface area contributed by atoms with E-state index < -0.39 is 5.91 Å². The number of rotatable bonds is 3. The molecule has 0 saturated carbocycles. The van der Waals surface area contributed by atoms with Gasteiger partial charge in [-0.15, -0.1) is 6.42 Å². The molecule has 1 saturated heterocycles. The number of primary amides is 1. The van der Waals surface area contributed by atoms with Crippen molar-refractivity contribution < 1.29 is 4.79 Å². The highest BCUT2D eigenvalue weighted by atomic mass is 16.1. The van der Waals surface area contributed by atoms with Crippen LogP contribution in [0.4, 0.5) is 5.69 Å². The molecule has 1 amide bonds. The summed E-state index contributed by atoms with van der Waals surface area (Å²) in [5.74, 6) is 2.20. The molecule has 0 spiro atoms. The van der Waals surface area contributed by atoms with Gasteiger partial charge < -0.3 is 10.6 Å². The summed E-state index contributed by atoms with van der Waals surface area (Å²) in [5, 5.41) is 0. The van der Waals surface area contributed by atoms with E-state index in [0.717, 1.165) is 31.9 Å². The van der Waals surface area contributed by atoms with E-state index in [2.05, 4.69) is 20.7 Å². The highest BCUT2D eigenvalue weighted by Crippen LogP contribution is 2.20. The van der Waals surface area contributed by atoms with Crippen molar-refractivity contribution in [1.82, 2.24) is 9.88 Å². The van der Waals surface area contributed by atoms with Gasteiger partial charge in [-0.3, -0.25) is 14.7 Å². The first kappa shape index (κ1) is 12.4. The molecular weight excluding hydrogens is 228 g/mol. The van der Waals surface area contributed by atoms with Gasteiger partial charge in [0.15, 0.2) is 0 Å². The maximum absolute atomic E-state index is 11.3. The Morgan fingerprint density at radius 1 is 1.44 bits per heavy atom. The summed E-state index contributed by atoms with van der Waals surface area (Å²) in [4.78, 5) is 19.6. The van der Waals surface area contributed by atoms with Gasteiger partial charge in [0.05, 0.1) is 17.8 Å². The van der Waals surface area contributed by atoms with Crippen molar-refractivity contribution in [2.24, 2.45) is 5.73 Å². The fraction of sp³-hybridized carbons (Fsp3) is 0.385. The summed E-state index contributed by atoms with van der Waals surface area (Å²) >= 11 is 0. The largest absolute Gasteiger partial charge is 0.368 e. The lowest BCUT2D eigenvalue weighted by Gasteiger charge is -2.35. The summed E-state index contributed by atoms with van der Waals surface area (Å²) in [6.45, 7) is 4.14. The predicted molar refractivity (Wildman–Crippen MR) is 70.2 cm³/mol. The van der Waals surface area contributed by atoms with Gasteiger partial charge in [-0.2, -0.15) is 0 Å². The van der Waals surface area contributed by atoms with Crippen LogP contribution in [0.25, 0.3) is 0 Å². The van der Waals surface area contributed by atoms with Gasteiger partial charge in [0.2, 0.25) is 0 Å². The van der Waals surface area contributed by atoms with E-state index in [-0.39, 0.29) is 0 Å². The number of carbonyl (C=O) groups excluding carboxylic acids is 1. The number of carbonyl (C=O) groups is 1. The normalized spacial score (nSPS) is 16.3. The molecule has 18 heavy (non-hydrogen) atoms. The van der Waals surface area contributed by atoms with E-state index in [1.807, 2.05) is 6.07 Å². The molecule has 1 aliphatic heterocycles. The monoisotopic (exact) mass is 244 g/mol. The summed E-state index contributed by atoms with van der Waals surface area (Å²) < 4.78 is 0. The minimum Gasteiger partial charge on any atom is -0.368 e. The van der Waals surface area contributed by atoms with Crippen molar-refractivity contribution in [3.05, 3.63) is 24.0 Å². The zero-order valence-electron chi connectivity index (χ0n) is 10.2. The van der Waals surface area contributed by atoms with E-state index >= 15 is 0 Å². The lowest BCUT2D eigenvalue weighted by Crippen LogP contribution is -2.47. The molecule has 0 aromatic carbocycles. The standard InChI is InChI=1S/C13H16N4O/c1-2-5-16-6-8-17(9-7-16)12-3-4-15-10-11(12)13(14)18/h1,3-4,10H,5-9H2,(H2,14,18). The van der Waals surface area contributed by atoms with E-state index in [1.54, 1.807) is 6.20 Å². The topological polar surface area (TPSA) is 62.5 Å². The molecule has 0 bridgehead atoms.